The average molecular weight is 250 g/mol. The van der Waals surface area contributed by atoms with Crippen LogP contribution in [0.5, 0.6) is 0 Å². The lowest BCUT2D eigenvalue weighted by atomic mass is 9.82. The van der Waals surface area contributed by atoms with Crippen molar-refractivity contribution in [3.63, 3.8) is 0 Å². The molecule has 2 heteroatoms. The summed E-state index contributed by atoms with van der Waals surface area (Å²) in [5, 5.41) is 3.91. The Hall–Kier alpha value is -0.340. The lowest BCUT2D eigenvalue weighted by Gasteiger charge is -2.53. The summed E-state index contributed by atoms with van der Waals surface area (Å²) in [6.45, 7) is 10.4. The third-order valence-electron chi connectivity index (χ3n) is 5.41. The molecule has 2 rings (SSSR count). The maximum Gasteiger partial charge on any atom is 0.0338 e. The van der Waals surface area contributed by atoms with Crippen LogP contribution in [0.1, 0.15) is 59.3 Å². The topological polar surface area (TPSA) is 15.3 Å². The molecule has 104 valence electrons. The van der Waals surface area contributed by atoms with E-state index in [0.29, 0.717) is 11.1 Å². The molecule has 0 aromatic carbocycles. The Morgan fingerprint density at radius 3 is 2.39 bits per heavy atom. The molecule has 1 N–H and O–H groups in total. The van der Waals surface area contributed by atoms with Gasteiger partial charge in [-0.15, -0.1) is 0 Å². The van der Waals surface area contributed by atoms with E-state index in [1.165, 1.54) is 51.6 Å². The van der Waals surface area contributed by atoms with Crippen molar-refractivity contribution in [1.82, 2.24) is 10.2 Å². The van der Waals surface area contributed by atoms with Crippen LogP contribution in [0.25, 0.3) is 0 Å². The van der Waals surface area contributed by atoms with Gasteiger partial charge in [0.1, 0.15) is 0 Å². The maximum atomic E-state index is 3.91. The number of rotatable bonds is 4. The van der Waals surface area contributed by atoms with E-state index in [2.05, 4.69) is 43.1 Å². The molecule has 0 aromatic heterocycles. The minimum absolute atomic E-state index is 0.357. The summed E-state index contributed by atoms with van der Waals surface area (Å²) in [4.78, 5) is 2.78. The van der Waals surface area contributed by atoms with Crippen LogP contribution in [0.3, 0.4) is 0 Å². The fourth-order valence-electron chi connectivity index (χ4n) is 3.79. The fraction of sp³-hybridized carbons (Fsp3) is 0.875. The molecular formula is C16H30N2. The Balaban J connectivity index is 2.14. The van der Waals surface area contributed by atoms with Gasteiger partial charge in [0, 0.05) is 30.7 Å². The van der Waals surface area contributed by atoms with Crippen molar-refractivity contribution in [3.05, 3.63) is 12.2 Å². The number of allylic oxidation sites excluding steroid dienone is 1. The second-order valence-corrected chi connectivity index (χ2v) is 6.22. The lowest BCUT2D eigenvalue weighted by molar-refractivity contribution is 0.0133. The standard InChI is InChI=1S/C16H30N2/c1-4-7-12-18-14-15(5-2,6-3)17-13-16(18)10-8-9-11-16/h4,7,17H,5-6,8-14H2,1-3H3/b7-4+. The zero-order valence-electron chi connectivity index (χ0n) is 12.5. The fourth-order valence-corrected chi connectivity index (χ4v) is 3.79. The molecule has 2 nitrogen and oxygen atoms in total. The van der Waals surface area contributed by atoms with Crippen LogP contribution in [-0.2, 0) is 0 Å². The monoisotopic (exact) mass is 250 g/mol. The number of hydrogen-bond acceptors (Lipinski definition) is 2. The van der Waals surface area contributed by atoms with Crippen LogP contribution >= 0.6 is 0 Å². The van der Waals surface area contributed by atoms with Crippen molar-refractivity contribution in [3.8, 4) is 0 Å². The van der Waals surface area contributed by atoms with Crippen molar-refractivity contribution in [2.45, 2.75) is 70.4 Å². The van der Waals surface area contributed by atoms with Gasteiger partial charge >= 0.3 is 0 Å². The van der Waals surface area contributed by atoms with Crippen LogP contribution < -0.4 is 5.32 Å². The van der Waals surface area contributed by atoms with Gasteiger partial charge < -0.3 is 5.32 Å². The highest BCUT2D eigenvalue weighted by Crippen LogP contribution is 2.39. The molecule has 2 fully saturated rings. The van der Waals surface area contributed by atoms with E-state index in [-0.39, 0.29) is 0 Å². The number of hydrogen-bond donors (Lipinski definition) is 1. The Morgan fingerprint density at radius 1 is 1.17 bits per heavy atom. The number of nitrogens with zero attached hydrogens (tertiary/aromatic N) is 1. The van der Waals surface area contributed by atoms with Crippen LogP contribution in [0.4, 0.5) is 0 Å². The quantitative estimate of drug-likeness (QED) is 0.770. The third kappa shape index (κ3) is 2.50. The van der Waals surface area contributed by atoms with E-state index in [4.69, 9.17) is 0 Å². The van der Waals surface area contributed by atoms with E-state index in [1.807, 2.05) is 0 Å². The van der Waals surface area contributed by atoms with Gasteiger partial charge in [0.15, 0.2) is 0 Å². The van der Waals surface area contributed by atoms with E-state index in [9.17, 15) is 0 Å². The molecule has 0 bridgehead atoms. The van der Waals surface area contributed by atoms with Gasteiger partial charge in [-0.2, -0.15) is 0 Å². The van der Waals surface area contributed by atoms with Crippen LogP contribution in [0, 0.1) is 0 Å². The molecule has 1 spiro atoms. The highest BCUT2D eigenvalue weighted by Gasteiger charge is 2.46. The summed E-state index contributed by atoms with van der Waals surface area (Å²) < 4.78 is 0. The molecule has 0 unspecified atom stereocenters. The summed E-state index contributed by atoms with van der Waals surface area (Å²) in [6, 6.07) is 0. The van der Waals surface area contributed by atoms with E-state index >= 15 is 0 Å². The summed E-state index contributed by atoms with van der Waals surface area (Å²) in [6.07, 6.45) is 12.6. The smallest absolute Gasteiger partial charge is 0.0338 e. The predicted molar refractivity (Wildman–Crippen MR) is 78.9 cm³/mol. The zero-order chi connectivity index (χ0) is 13.1. The van der Waals surface area contributed by atoms with Crippen molar-refractivity contribution in [2.75, 3.05) is 19.6 Å². The SMILES string of the molecule is C/C=C/CN1CC(CC)(CC)NCC12CCCC2. The van der Waals surface area contributed by atoms with Crippen LogP contribution in [0.2, 0.25) is 0 Å². The first-order chi connectivity index (χ1) is 8.70. The molecule has 1 saturated carbocycles. The van der Waals surface area contributed by atoms with Crippen LogP contribution in [0.15, 0.2) is 12.2 Å². The first-order valence-corrected chi connectivity index (χ1v) is 7.81. The molecule has 0 radical (unpaired) electrons. The highest BCUT2D eigenvalue weighted by molar-refractivity contribution is 5.08. The molecule has 0 atom stereocenters. The first-order valence-electron chi connectivity index (χ1n) is 7.81. The Morgan fingerprint density at radius 2 is 1.83 bits per heavy atom. The van der Waals surface area contributed by atoms with Gasteiger partial charge in [0.2, 0.25) is 0 Å². The number of nitrogens with one attached hydrogen (secondary N) is 1. The normalized spacial score (nSPS) is 27.3. The summed E-state index contributed by atoms with van der Waals surface area (Å²) in [5.41, 5.74) is 0.822. The van der Waals surface area contributed by atoms with Crippen LogP contribution in [-0.4, -0.2) is 35.6 Å². The molecule has 1 heterocycles. The average Bonchev–Trinajstić information content (AvgIpc) is 2.88. The molecular weight excluding hydrogens is 220 g/mol. The first kappa shape index (κ1) is 14.1. The highest BCUT2D eigenvalue weighted by atomic mass is 15.3. The summed E-state index contributed by atoms with van der Waals surface area (Å²) in [7, 11) is 0. The second-order valence-electron chi connectivity index (χ2n) is 6.22. The summed E-state index contributed by atoms with van der Waals surface area (Å²) in [5.74, 6) is 0. The van der Waals surface area contributed by atoms with Gasteiger partial charge in [-0.25, -0.2) is 0 Å². The van der Waals surface area contributed by atoms with Gasteiger partial charge in [-0.1, -0.05) is 38.8 Å². The van der Waals surface area contributed by atoms with Gasteiger partial charge in [0.25, 0.3) is 0 Å². The number of piperazine rings is 1. The van der Waals surface area contributed by atoms with Crippen molar-refractivity contribution in [1.29, 1.82) is 0 Å². The maximum absolute atomic E-state index is 3.91. The molecule has 0 amide bonds. The van der Waals surface area contributed by atoms with Gasteiger partial charge in [-0.3, -0.25) is 4.90 Å². The predicted octanol–water partition coefficient (Wildman–Crippen LogP) is 3.34. The van der Waals surface area contributed by atoms with Crippen molar-refractivity contribution in [2.24, 2.45) is 0 Å². The Kier molecular flexibility index (Phi) is 4.50. The van der Waals surface area contributed by atoms with E-state index < -0.39 is 0 Å². The van der Waals surface area contributed by atoms with Gasteiger partial charge in [0.05, 0.1) is 0 Å². The molecule has 1 saturated heterocycles. The Labute approximate surface area is 113 Å². The van der Waals surface area contributed by atoms with E-state index in [1.54, 1.807) is 0 Å². The second kappa shape index (κ2) is 5.75. The molecule has 18 heavy (non-hydrogen) atoms. The van der Waals surface area contributed by atoms with Crippen molar-refractivity contribution < 1.29 is 0 Å². The molecule has 1 aliphatic carbocycles. The molecule has 2 aliphatic rings. The third-order valence-corrected chi connectivity index (χ3v) is 5.41. The Bertz CT molecular complexity index is 285. The van der Waals surface area contributed by atoms with Crippen molar-refractivity contribution >= 4 is 0 Å². The molecule has 0 aromatic rings. The minimum atomic E-state index is 0.357. The molecule has 1 aliphatic heterocycles. The largest absolute Gasteiger partial charge is 0.308 e. The lowest BCUT2D eigenvalue weighted by Crippen LogP contribution is -2.68. The van der Waals surface area contributed by atoms with Gasteiger partial charge in [-0.05, 0) is 32.6 Å². The zero-order valence-corrected chi connectivity index (χ0v) is 12.5. The summed E-state index contributed by atoms with van der Waals surface area (Å²) >= 11 is 0. The van der Waals surface area contributed by atoms with E-state index in [0.717, 1.165) is 6.54 Å². The minimum Gasteiger partial charge on any atom is -0.308 e.